The molecule has 1 aromatic heterocycles. The number of nitrogens with zero attached hydrogens (tertiary/aromatic N) is 2. The van der Waals surface area contributed by atoms with Crippen LogP contribution in [0.4, 0.5) is 16.0 Å². The summed E-state index contributed by atoms with van der Waals surface area (Å²) in [5.41, 5.74) is 4.67. The molecule has 0 atom stereocenters. The first-order valence-corrected chi connectivity index (χ1v) is 9.22. The fourth-order valence-electron chi connectivity index (χ4n) is 2.84. The predicted molar refractivity (Wildman–Crippen MR) is 110 cm³/mol. The lowest BCUT2D eigenvalue weighted by Crippen LogP contribution is -2.28. The van der Waals surface area contributed by atoms with Crippen molar-refractivity contribution in [1.29, 1.82) is 0 Å². The van der Waals surface area contributed by atoms with Crippen molar-refractivity contribution >= 4 is 17.5 Å². The number of nitrogens with one attached hydrogen (secondary N) is 2. The molecule has 0 unspecified atom stereocenters. The van der Waals surface area contributed by atoms with Crippen molar-refractivity contribution in [2.75, 3.05) is 11.9 Å². The van der Waals surface area contributed by atoms with Crippen LogP contribution in [0.5, 0.6) is 5.88 Å². The Hall–Kier alpha value is -3.48. The minimum Gasteiger partial charge on any atom is -0.467 e. The zero-order chi connectivity index (χ0) is 20.8. The van der Waals surface area contributed by atoms with Crippen LogP contribution in [0, 0.1) is 26.6 Å². The molecule has 3 rings (SSSR count). The molecule has 0 spiro atoms. The third kappa shape index (κ3) is 6.27. The highest BCUT2D eigenvalue weighted by Crippen LogP contribution is 2.19. The Kier molecular flexibility index (Phi) is 6.39. The highest BCUT2D eigenvalue weighted by Gasteiger charge is 2.08. The summed E-state index contributed by atoms with van der Waals surface area (Å²) in [6.45, 7) is 5.99. The van der Waals surface area contributed by atoms with E-state index in [1.54, 1.807) is 18.2 Å². The molecule has 0 bridgehead atoms. The van der Waals surface area contributed by atoms with E-state index in [9.17, 15) is 9.18 Å². The number of carbonyl (C=O) groups excluding carboxylic acids is 1. The van der Waals surface area contributed by atoms with E-state index in [4.69, 9.17) is 4.74 Å². The first-order chi connectivity index (χ1) is 13.9. The molecule has 29 heavy (non-hydrogen) atoms. The summed E-state index contributed by atoms with van der Waals surface area (Å²) in [7, 11) is 0. The van der Waals surface area contributed by atoms with Crippen LogP contribution in [0.2, 0.25) is 0 Å². The molecule has 1 amide bonds. The Morgan fingerprint density at radius 2 is 1.69 bits per heavy atom. The second-order valence-electron chi connectivity index (χ2n) is 6.86. The number of carbonyl (C=O) groups is 1. The van der Waals surface area contributed by atoms with Gasteiger partial charge in [-0.15, -0.1) is 0 Å². The maximum atomic E-state index is 12.9. The monoisotopic (exact) mass is 394 g/mol. The molecule has 0 saturated heterocycles. The molecule has 6 nitrogen and oxygen atoms in total. The van der Waals surface area contributed by atoms with Gasteiger partial charge in [-0.05, 0) is 61.7 Å². The van der Waals surface area contributed by atoms with Crippen LogP contribution in [0.25, 0.3) is 0 Å². The van der Waals surface area contributed by atoms with Gasteiger partial charge >= 0.3 is 0 Å². The Bertz CT molecular complexity index is 986. The summed E-state index contributed by atoms with van der Waals surface area (Å²) in [6, 6.07) is 13.7. The number of amides is 1. The van der Waals surface area contributed by atoms with Gasteiger partial charge in [0.05, 0.1) is 0 Å². The molecule has 0 saturated carbocycles. The van der Waals surface area contributed by atoms with Gasteiger partial charge in [0.25, 0.3) is 5.91 Å². The number of aromatic nitrogens is 2. The van der Waals surface area contributed by atoms with Crippen molar-refractivity contribution in [3.63, 3.8) is 0 Å². The third-order valence-electron chi connectivity index (χ3n) is 4.06. The zero-order valence-corrected chi connectivity index (χ0v) is 16.6. The van der Waals surface area contributed by atoms with E-state index in [-0.39, 0.29) is 18.3 Å². The lowest BCUT2D eigenvalue weighted by Gasteiger charge is -2.11. The van der Waals surface area contributed by atoms with E-state index in [1.165, 1.54) is 12.1 Å². The van der Waals surface area contributed by atoms with Gasteiger partial charge in [0.15, 0.2) is 6.61 Å². The number of anilines is 2. The smallest absolute Gasteiger partial charge is 0.258 e. The molecule has 2 N–H and O–H groups in total. The molecule has 7 heteroatoms. The summed E-state index contributed by atoms with van der Waals surface area (Å²) >= 11 is 0. The standard InChI is InChI=1S/C22H23FN4O2/c1-14-8-15(2)10-19(9-14)26-22-25-16(3)11-21(27-22)29-13-20(28)24-12-17-4-6-18(23)7-5-17/h4-11H,12-13H2,1-3H3,(H,24,28)(H,25,26,27). The van der Waals surface area contributed by atoms with Crippen LogP contribution in [-0.2, 0) is 11.3 Å². The Morgan fingerprint density at radius 3 is 2.38 bits per heavy atom. The van der Waals surface area contributed by atoms with Crippen LogP contribution in [0.3, 0.4) is 0 Å². The topological polar surface area (TPSA) is 76.1 Å². The number of benzene rings is 2. The molecule has 1 heterocycles. The van der Waals surface area contributed by atoms with E-state index in [1.807, 2.05) is 32.9 Å². The minimum absolute atomic E-state index is 0.180. The van der Waals surface area contributed by atoms with Crippen molar-refractivity contribution in [1.82, 2.24) is 15.3 Å². The molecule has 0 radical (unpaired) electrons. The first-order valence-electron chi connectivity index (χ1n) is 9.22. The lowest BCUT2D eigenvalue weighted by molar-refractivity contribution is -0.123. The number of rotatable bonds is 7. The molecule has 3 aromatic rings. The predicted octanol–water partition coefficient (Wildman–Crippen LogP) is 3.98. The summed E-state index contributed by atoms with van der Waals surface area (Å²) in [5, 5.41) is 5.90. The van der Waals surface area contributed by atoms with Gasteiger partial charge < -0.3 is 15.4 Å². The van der Waals surface area contributed by atoms with Gasteiger partial charge in [-0.25, -0.2) is 9.37 Å². The largest absolute Gasteiger partial charge is 0.467 e. The SMILES string of the molecule is Cc1cc(C)cc(Nc2nc(C)cc(OCC(=O)NCc3ccc(F)cc3)n2)c1. The molecule has 0 aliphatic rings. The number of ether oxygens (including phenoxy) is 1. The van der Waals surface area contributed by atoms with E-state index in [2.05, 4.69) is 26.7 Å². The maximum Gasteiger partial charge on any atom is 0.258 e. The normalized spacial score (nSPS) is 10.5. The van der Waals surface area contributed by atoms with E-state index >= 15 is 0 Å². The summed E-state index contributed by atoms with van der Waals surface area (Å²) in [6.07, 6.45) is 0. The summed E-state index contributed by atoms with van der Waals surface area (Å²) in [5.74, 6) is 0.0974. The fraction of sp³-hybridized carbons (Fsp3) is 0.227. The van der Waals surface area contributed by atoms with E-state index in [0.29, 0.717) is 24.1 Å². The number of hydrogen-bond acceptors (Lipinski definition) is 5. The average Bonchev–Trinajstić information content (AvgIpc) is 2.64. The second kappa shape index (κ2) is 9.14. The van der Waals surface area contributed by atoms with Crippen molar-refractivity contribution in [3.05, 3.63) is 76.7 Å². The highest BCUT2D eigenvalue weighted by molar-refractivity contribution is 5.77. The maximum absolute atomic E-state index is 12.9. The van der Waals surface area contributed by atoms with Crippen molar-refractivity contribution < 1.29 is 13.9 Å². The fourth-order valence-corrected chi connectivity index (χ4v) is 2.84. The molecule has 0 aliphatic carbocycles. The van der Waals surface area contributed by atoms with Crippen molar-refractivity contribution in [2.24, 2.45) is 0 Å². The van der Waals surface area contributed by atoms with E-state index in [0.717, 1.165) is 22.4 Å². The van der Waals surface area contributed by atoms with Crippen molar-refractivity contribution in [2.45, 2.75) is 27.3 Å². The van der Waals surface area contributed by atoms with Gasteiger partial charge in [0.1, 0.15) is 5.82 Å². The van der Waals surface area contributed by atoms with Crippen LogP contribution in [0.15, 0.2) is 48.5 Å². The molecule has 0 aliphatic heterocycles. The molecule has 150 valence electrons. The van der Waals surface area contributed by atoms with Crippen LogP contribution >= 0.6 is 0 Å². The minimum atomic E-state index is -0.312. The third-order valence-corrected chi connectivity index (χ3v) is 4.06. The number of halogens is 1. The van der Waals surface area contributed by atoms with Crippen LogP contribution in [0.1, 0.15) is 22.4 Å². The van der Waals surface area contributed by atoms with Crippen molar-refractivity contribution in [3.8, 4) is 5.88 Å². The molecule has 0 fully saturated rings. The van der Waals surface area contributed by atoms with Crippen LogP contribution in [-0.4, -0.2) is 22.5 Å². The van der Waals surface area contributed by atoms with Gasteiger partial charge in [0.2, 0.25) is 11.8 Å². The summed E-state index contributed by atoms with van der Waals surface area (Å²) < 4.78 is 18.4. The second-order valence-corrected chi connectivity index (χ2v) is 6.86. The zero-order valence-electron chi connectivity index (χ0n) is 16.6. The molecular formula is C22H23FN4O2. The molecule has 2 aromatic carbocycles. The highest BCUT2D eigenvalue weighted by atomic mass is 19.1. The van der Waals surface area contributed by atoms with Gasteiger partial charge in [-0.1, -0.05) is 18.2 Å². The Balaban J connectivity index is 1.57. The van der Waals surface area contributed by atoms with Gasteiger partial charge in [-0.3, -0.25) is 4.79 Å². The van der Waals surface area contributed by atoms with Gasteiger partial charge in [0, 0.05) is 24.0 Å². The number of hydrogen-bond donors (Lipinski definition) is 2. The average molecular weight is 394 g/mol. The Labute approximate surface area is 169 Å². The quantitative estimate of drug-likeness (QED) is 0.634. The first kappa shape index (κ1) is 20.3. The number of aryl methyl sites for hydroxylation is 3. The molecular weight excluding hydrogens is 371 g/mol. The van der Waals surface area contributed by atoms with E-state index < -0.39 is 0 Å². The Morgan fingerprint density at radius 1 is 1.00 bits per heavy atom. The van der Waals surface area contributed by atoms with Gasteiger partial charge in [-0.2, -0.15) is 4.98 Å². The summed E-state index contributed by atoms with van der Waals surface area (Å²) in [4.78, 5) is 20.7. The lowest BCUT2D eigenvalue weighted by atomic mass is 10.1. The van der Waals surface area contributed by atoms with Crippen LogP contribution < -0.4 is 15.4 Å².